The van der Waals surface area contributed by atoms with Gasteiger partial charge in [0.05, 0.1) is 0 Å². The van der Waals surface area contributed by atoms with Crippen molar-refractivity contribution in [1.82, 2.24) is 20.4 Å². The van der Waals surface area contributed by atoms with Crippen LogP contribution in [0.15, 0.2) is 106 Å². The van der Waals surface area contributed by atoms with Crippen molar-refractivity contribution < 1.29 is 35.2 Å². The maximum atomic E-state index is 14.1. The molecule has 8 nitrogen and oxygen atoms in total. The minimum atomic E-state index is -2.85. The number of nitrogens with zero attached hydrogens (tertiary/aromatic N) is 4. The van der Waals surface area contributed by atoms with Gasteiger partial charge < -0.3 is 19.9 Å². The third-order valence-corrected chi connectivity index (χ3v) is 6.66. The van der Waals surface area contributed by atoms with Gasteiger partial charge in [-0.3, -0.25) is 0 Å². The quantitative estimate of drug-likeness (QED) is 0.0909. The van der Waals surface area contributed by atoms with Gasteiger partial charge in [0.1, 0.15) is 11.6 Å². The summed E-state index contributed by atoms with van der Waals surface area (Å²) in [5.74, 6) is -2.76. The number of halogens is 7. The number of anilines is 2. The van der Waals surface area contributed by atoms with Crippen molar-refractivity contribution in [3.8, 4) is 22.9 Å². The molecule has 0 bridgehead atoms. The Morgan fingerprint density at radius 3 is 1.49 bits per heavy atom. The van der Waals surface area contributed by atoms with Gasteiger partial charge in [0, 0.05) is 39.9 Å². The molecule has 0 fully saturated rings. The number of aromatic nitrogens is 4. The molecule has 4 aromatic carbocycles. The van der Waals surface area contributed by atoms with Crippen LogP contribution < -0.4 is 11.1 Å². The molecule has 0 saturated carbocycles. The van der Waals surface area contributed by atoms with E-state index in [1.165, 1.54) is 24.3 Å². The molecule has 0 amide bonds. The van der Waals surface area contributed by atoms with Crippen molar-refractivity contribution in [2.75, 3.05) is 11.1 Å². The Hall–Kier alpha value is -5.18. The van der Waals surface area contributed by atoms with E-state index >= 15 is 0 Å². The molecule has 2 heterocycles. The maximum Gasteiger partial charge on any atom is 0.314 e. The van der Waals surface area contributed by atoms with Gasteiger partial charge in [-0.1, -0.05) is 64.5 Å². The predicted octanol–water partition coefficient (Wildman–Crippen LogP) is 9.40. The SMILES string of the molecule is Fc1cc(-c2nnc(C(F)F)o2)ccc1CBr.Fc1cc(-c2nnc(C(F)F)o2)ccc1CNc1ccccc1.Nc1ccccc1. The zero-order chi connectivity index (χ0) is 33.8. The molecule has 0 radical (unpaired) electrons. The van der Waals surface area contributed by atoms with Crippen LogP contribution in [0.4, 0.5) is 37.7 Å². The highest BCUT2D eigenvalue weighted by Crippen LogP contribution is 2.26. The molecule has 0 spiro atoms. The van der Waals surface area contributed by atoms with Crippen LogP contribution in [0.5, 0.6) is 0 Å². The molecule has 244 valence electrons. The van der Waals surface area contributed by atoms with Crippen molar-refractivity contribution in [1.29, 1.82) is 0 Å². The number of nitrogens with one attached hydrogen (secondary N) is 1. The van der Waals surface area contributed by atoms with Crippen LogP contribution >= 0.6 is 15.9 Å². The highest BCUT2D eigenvalue weighted by molar-refractivity contribution is 9.08. The molecule has 0 aliphatic rings. The Kier molecular flexibility index (Phi) is 12.5. The molecule has 6 aromatic rings. The Morgan fingerprint density at radius 1 is 0.638 bits per heavy atom. The van der Waals surface area contributed by atoms with Crippen molar-refractivity contribution >= 4 is 27.3 Å². The van der Waals surface area contributed by atoms with Crippen LogP contribution in [-0.2, 0) is 11.9 Å². The van der Waals surface area contributed by atoms with Crippen molar-refractivity contribution in [3.63, 3.8) is 0 Å². The molecule has 0 atom stereocenters. The van der Waals surface area contributed by atoms with E-state index in [1.807, 2.05) is 60.7 Å². The number of rotatable bonds is 8. The molecular weight excluding hydrogens is 694 g/mol. The van der Waals surface area contributed by atoms with Crippen molar-refractivity contribution in [2.45, 2.75) is 24.7 Å². The summed E-state index contributed by atoms with van der Waals surface area (Å²) < 4.78 is 86.3. The predicted molar refractivity (Wildman–Crippen MR) is 167 cm³/mol. The number of nitrogens with two attached hydrogens (primary N) is 1. The summed E-state index contributed by atoms with van der Waals surface area (Å²) in [6.07, 6.45) is -5.68. The van der Waals surface area contributed by atoms with E-state index in [9.17, 15) is 26.3 Å². The summed E-state index contributed by atoms with van der Waals surface area (Å²) in [7, 11) is 0. The lowest BCUT2D eigenvalue weighted by Crippen LogP contribution is -2.01. The monoisotopic (exact) mass is 718 g/mol. The second-order valence-corrected chi connectivity index (χ2v) is 9.93. The van der Waals surface area contributed by atoms with Gasteiger partial charge in [0.25, 0.3) is 11.8 Å². The topological polar surface area (TPSA) is 116 Å². The minimum Gasteiger partial charge on any atom is -0.415 e. The average Bonchev–Trinajstić information content (AvgIpc) is 3.77. The van der Waals surface area contributed by atoms with Gasteiger partial charge in [0.15, 0.2) is 0 Å². The minimum absolute atomic E-state index is 0.125. The lowest BCUT2D eigenvalue weighted by atomic mass is 10.1. The number of para-hydroxylation sites is 2. The summed E-state index contributed by atoms with van der Waals surface area (Å²) >= 11 is 3.12. The summed E-state index contributed by atoms with van der Waals surface area (Å²) in [5.41, 5.74) is 8.47. The summed E-state index contributed by atoms with van der Waals surface area (Å²) in [5, 5.41) is 16.8. The standard InChI is InChI=1S/C16H12F3N3O.C10H6BrF3N2O.C6H7N/c17-13-8-10(15-21-22-16(23-15)14(18)19)6-7-11(13)9-20-12-4-2-1-3-5-12;11-4-6-2-1-5(3-7(6)12)9-15-16-10(17-9)8(13)14;7-6-4-2-1-3-5-6/h1-8,14,20H,9H2;1-3,8H,4H2;1-5H,7H2. The summed E-state index contributed by atoms with van der Waals surface area (Å²) in [6.45, 7) is 0.294. The molecule has 0 aliphatic carbocycles. The normalized spacial score (nSPS) is 10.7. The summed E-state index contributed by atoms with van der Waals surface area (Å²) in [6, 6.07) is 27.4. The lowest BCUT2D eigenvalue weighted by molar-refractivity contribution is 0.115. The van der Waals surface area contributed by atoms with Gasteiger partial charge >= 0.3 is 12.9 Å². The third kappa shape index (κ3) is 10.2. The Morgan fingerprint density at radius 2 is 1.11 bits per heavy atom. The van der Waals surface area contributed by atoms with Crippen LogP contribution in [0, 0.1) is 11.6 Å². The van der Waals surface area contributed by atoms with Crippen LogP contribution in [-0.4, -0.2) is 20.4 Å². The molecule has 15 heteroatoms. The van der Waals surface area contributed by atoms with E-state index in [1.54, 1.807) is 12.1 Å². The first-order chi connectivity index (χ1) is 22.6. The second kappa shape index (κ2) is 16.9. The summed E-state index contributed by atoms with van der Waals surface area (Å²) in [4.78, 5) is 0. The first-order valence-electron chi connectivity index (χ1n) is 13.6. The highest BCUT2D eigenvalue weighted by Gasteiger charge is 2.19. The lowest BCUT2D eigenvalue weighted by Gasteiger charge is -2.08. The molecular formula is C32H25BrF6N6O2. The van der Waals surface area contributed by atoms with E-state index in [2.05, 4.69) is 41.6 Å². The average molecular weight is 719 g/mol. The van der Waals surface area contributed by atoms with Crippen LogP contribution in [0.2, 0.25) is 0 Å². The van der Waals surface area contributed by atoms with Crippen LogP contribution in [0.3, 0.4) is 0 Å². The van der Waals surface area contributed by atoms with E-state index in [4.69, 9.17) is 14.6 Å². The van der Waals surface area contributed by atoms with Gasteiger partial charge in [-0.15, -0.1) is 20.4 Å². The van der Waals surface area contributed by atoms with Crippen LogP contribution in [0.1, 0.15) is 35.8 Å². The fourth-order valence-corrected chi connectivity index (χ4v) is 4.15. The van der Waals surface area contributed by atoms with Gasteiger partial charge in [-0.25, -0.2) is 8.78 Å². The van der Waals surface area contributed by atoms with Gasteiger partial charge in [-0.2, -0.15) is 17.6 Å². The smallest absolute Gasteiger partial charge is 0.314 e. The zero-order valence-corrected chi connectivity index (χ0v) is 25.7. The van der Waals surface area contributed by atoms with Gasteiger partial charge in [0.2, 0.25) is 11.8 Å². The van der Waals surface area contributed by atoms with E-state index < -0.39 is 36.3 Å². The number of alkyl halides is 5. The molecule has 0 unspecified atom stereocenters. The number of benzene rings is 4. The Balaban J connectivity index is 0.000000182. The third-order valence-electron chi connectivity index (χ3n) is 6.05. The van der Waals surface area contributed by atoms with E-state index in [0.717, 1.165) is 11.4 Å². The van der Waals surface area contributed by atoms with Crippen molar-refractivity contribution in [3.05, 3.63) is 132 Å². The fraction of sp³-hybridized carbons (Fsp3) is 0.125. The maximum absolute atomic E-state index is 14.1. The number of nitrogen functional groups attached to an aromatic ring is 1. The second-order valence-electron chi connectivity index (χ2n) is 9.37. The van der Waals surface area contributed by atoms with Gasteiger partial charge in [-0.05, 0) is 54.1 Å². The number of hydrogen-bond acceptors (Lipinski definition) is 8. The molecule has 2 aromatic heterocycles. The molecule has 6 rings (SSSR count). The first-order valence-corrected chi connectivity index (χ1v) is 14.7. The number of hydrogen-bond donors (Lipinski definition) is 2. The molecule has 3 N–H and O–H groups in total. The first kappa shape index (κ1) is 34.7. The molecule has 47 heavy (non-hydrogen) atoms. The van der Waals surface area contributed by atoms with Crippen LogP contribution in [0.25, 0.3) is 22.9 Å². The van der Waals surface area contributed by atoms with Crippen molar-refractivity contribution in [2.24, 2.45) is 0 Å². The van der Waals surface area contributed by atoms with E-state index in [0.29, 0.717) is 23.0 Å². The van der Waals surface area contributed by atoms with E-state index in [-0.39, 0.29) is 22.9 Å². The highest BCUT2D eigenvalue weighted by atomic mass is 79.9. The molecule has 0 saturated heterocycles. The Labute approximate surface area is 272 Å². The molecule has 0 aliphatic heterocycles. The zero-order valence-electron chi connectivity index (χ0n) is 24.1. The Bertz CT molecular complexity index is 1840. The fourth-order valence-electron chi connectivity index (χ4n) is 3.70. The largest absolute Gasteiger partial charge is 0.415 e.